The second kappa shape index (κ2) is 6.23. The van der Waals surface area contributed by atoms with Crippen molar-refractivity contribution in [3.63, 3.8) is 0 Å². The number of aromatic nitrogens is 3. The van der Waals surface area contributed by atoms with E-state index in [-0.39, 0.29) is 5.91 Å². The fourth-order valence-corrected chi connectivity index (χ4v) is 1.51. The molecule has 0 bridgehead atoms. The summed E-state index contributed by atoms with van der Waals surface area (Å²) in [5.41, 5.74) is 0. The average Bonchev–Trinajstić information content (AvgIpc) is 2.71. The summed E-state index contributed by atoms with van der Waals surface area (Å²) in [5.74, 6) is 1.13. The molecule has 1 amide bonds. The number of aryl methyl sites for hydroxylation is 1. The largest absolute Gasteiger partial charge is 0.352 e. The van der Waals surface area contributed by atoms with Crippen LogP contribution in [-0.2, 0) is 11.2 Å². The molecule has 15 heavy (non-hydrogen) atoms. The molecule has 0 spiro atoms. The summed E-state index contributed by atoms with van der Waals surface area (Å²) in [6.45, 7) is 6.00. The molecule has 5 nitrogen and oxygen atoms in total. The first-order valence-electron chi connectivity index (χ1n) is 4.68. The molecule has 0 unspecified atom stereocenters. The molecule has 0 aliphatic rings. The first kappa shape index (κ1) is 11.8. The van der Waals surface area contributed by atoms with Crippen molar-refractivity contribution >= 4 is 17.7 Å². The van der Waals surface area contributed by atoms with Gasteiger partial charge in [-0.05, 0) is 0 Å². The average molecular weight is 226 g/mol. The minimum absolute atomic E-state index is 0.0391. The molecular weight excluding hydrogens is 212 g/mol. The van der Waals surface area contributed by atoms with Gasteiger partial charge in [-0.15, -0.1) is 11.7 Å². The topological polar surface area (TPSA) is 70.7 Å². The highest BCUT2D eigenvalue weighted by Crippen LogP contribution is 2.11. The number of carbonyl (C=O) groups is 1. The Labute approximate surface area is 92.7 Å². The van der Waals surface area contributed by atoms with Crippen molar-refractivity contribution in [3.05, 3.63) is 18.5 Å². The lowest BCUT2D eigenvalue weighted by Crippen LogP contribution is -2.24. The van der Waals surface area contributed by atoms with Gasteiger partial charge in [0, 0.05) is 13.0 Å². The molecule has 0 saturated carbocycles. The van der Waals surface area contributed by atoms with Crippen LogP contribution in [0.3, 0.4) is 0 Å². The summed E-state index contributed by atoms with van der Waals surface area (Å²) in [6.07, 6.45) is 2.46. The first-order valence-corrected chi connectivity index (χ1v) is 5.66. The Hall–Kier alpha value is -1.30. The quantitative estimate of drug-likeness (QED) is 0.555. The molecule has 1 rings (SSSR count). The normalized spacial score (nSPS) is 9.93. The smallest absolute Gasteiger partial charge is 0.230 e. The molecule has 0 atom stereocenters. The van der Waals surface area contributed by atoms with Gasteiger partial charge in [0.15, 0.2) is 0 Å². The Kier molecular flexibility index (Phi) is 4.89. The molecule has 2 N–H and O–H groups in total. The van der Waals surface area contributed by atoms with Gasteiger partial charge in [-0.3, -0.25) is 9.89 Å². The second-order valence-electron chi connectivity index (χ2n) is 2.80. The number of rotatable bonds is 6. The van der Waals surface area contributed by atoms with Gasteiger partial charge in [-0.2, -0.15) is 0 Å². The Morgan fingerprint density at radius 1 is 1.73 bits per heavy atom. The predicted molar refractivity (Wildman–Crippen MR) is 59.7 cm³/mol. The van der Waals surface area contributed by atoms with Gasteiger partial charge in [0.1, 0.15) is 5.82 Å². The van der Waals surface area contributed by atoms with Crippen LogP contribution in [0.25, 0.3) is 0 Å². The highest BCUT2D eigenvalue weighted by atomic mass is 32.2. The van der Waals surface area contributed by atoms with Crippen LogP contribution in [0.5, 0.6) is 0 Å². The van der Waals surface area contributed by atoms with Gasteiger partial charge >= 0.3 is 0 Å². The van der Waals surface area contributed by atoms with Crippen molar-refractivity contribution in [2.24, 2.45) is 0 Å². The summed E-state index contributed by atoms with van der Waals surface area (Å²) in [5, 5.41) is 10.0. The number of H-pyrrole nitrogens is 1. The lowest BCUT2D eigenvalue weighted by atomic mass is 10.5. The maximum atomic E-state index is 11.2. The maximum Gasteiger partial charge on any atom is 0.230 e. The van der Waals surface area contributed by atoms with Crippen molar-refractivity contribution in [3.8, 4) is 0 Å². The van der Waals surface area contributed by atoms with Crippen LogP contribution in [0, 0.1) is 0 Å². The lowest BCUT2D eigenvalue weighted by Gasteiger charge is -1.98. The summed E-state index contributed by atoms with van der Waals surface area (Å²) in [6, 6.07) is 0. The molecule has 0 aliphatic carbocycles. The van der Waals surface area contributed by atoms with Crippen LogP contribution in [0.4, 0.5) is 0 Å². The number of aromatic amines is 1. The SMILES string of the molecule is C=CCNC(=O)CSc1n[nH]c(CC)n1. The molecular formula is C9H14N4OS. The van der Waals surface area contributed by atoms with E-state index in [1.165, 1.54) is 11.8 Å². The first-order chi connectivity index (χ1) is 7.26. The van der Waals surface area contributed by atoms with E-state index in [9.17, 15) is 4.79 Å². The highest BCUT2D eigenvalue weighted by Gasteiger charge is 2.05. The Morgan fingerprint density at radius 3 is 3.13 bits per heavy atom. The van der Waals surface area contributed by atoms with E-state index in [2.05, 4.69) is 27.1 Å². The number of nitrogens with one attached hydrogen (secondary N) is 2. The van der Waals surface area contributed by atoms with Crippen LogP contribution < -0.4 is 5.32 Å². The van der Waals surface area contributed by atoms with Gasteiger partial charge in [0.2, 0.25) is 11.1 Å². The molecule has 0 aliphatic heterocycles. The fraction of sp³-hybridized carbons (Fsp3) is 0.444. The number of thioether (sulfide) groups is 1. The van der Waals surface area contributed by atoms with Crippen molar-refractivity contribution in [2.75, 3.05) is 12.3 Å². The molecule has 82 valence electrons. The zero-order valence-electron chi connectivity index (χ0n) is 8.62. The fourth-order valence-electron chi connectivity index (χ4n) is 0.868. The van der Waals surface area contributed by atoms with Gasteiger partial charge in [-0.25, -0.2) is 4.98 Å². The van der Waals surface area contributed by atoms with Crippen LogP contribution in [0.2, 0.25) is 0 Å². The molecule has 0 radical (unpaired) electrons. The zero-order chi connectivity index (χ0) is 11.1. The van der Waals surface area contributed by atoms with Crippen molar-refractivity contribution in [1.82, 2.24) is 20.5 Å². The van der Waals surface area contributed by atoms with E-state index in [1.807, 2.05) is 6.92 Å². The van der Waals surface area contributed by atoms with E-state index >= 15 is 0 Å². The van der Waals surface area contributed by atoms with Crippen molar-refractivity contribution < 1.29 is 4.79 Å². The Balaban J connectivity index is 2.30. The molecule has 1 aromatic rings. The highest BCUT2D eigenvalue weighted by molar-refractivity contribution is 7.99. The van der Waals surface area contributed by atoms with Crippen LogP contribution in [0.1, 0.15) is 12.7 Å². The standard InChI is InChI=1S/C9H14N4OS/c1-3-5-10-8(14)6-15-9-11-7(4-2)12-13-9/h3H,1,4-6H2,2H3,(H,10,14)(H,11,12,13). The monoisotopic (exact) mass is 226 g/mol. The van der Waals surface area contributed by atoms with Gasteiger partial charge in [0.05, 0.1) is 5.75 Å². The molecule has 1 heterocycles. The van der Waals surface area contributed by atoms with Gasteiger partial charge in [0.25, 0.3) is 0 Å². The summed E-state index contributed by atoms with van der Waals surface area (Å²) >= 11 is 1.32. The maximum absolute atomic E-state index is 11.2. The second-order valence-corrected chi connectivity index (χ2v) is 3.74. The number of carbonyl (C=O) groups excluding carboxylic acids is 1. The zero-order valence-corrected chi connectivity index (χ0v) is 9.43. The number of nitrogens with zero attached hydrogens (tertiary/aromatic N) is 2. The van der Waals surface area contributed by atoms with Crippen LogP contribution in [-0.4, -0.2) is 33.4 Å². The Bertz CT molecular complexity index is 337. The van der Waals surface area contributed by atoms with Crippen LogP contribution in [0.15, 0.2) is 17.8 Å². The summed E-state index contributed by atoms with van der Waals surface area (Å²) in [4.78, 5) is 15.4. The molecule has 1 aromatic heterocycles. The number of hydrogen-bond donors (Lipinski definition) is 2. The molecule has 6 heteroatoms. The lowest BCUT2D eigenvalue weighted by molar-refractivity contribution is -0.118. The van der Waals surface area contributed by atoms with Crippen molar-refractivity contribution in [1.29, 1.82) is 0 Å². The molecule has 0 saturated heterocycles. The van der Waals surface area contributed by atoms with E-state index in [1.54, 1.807) is 6.08 Å². The van der Waals surface area contributed by atoms with E-state index in [0.717, 1.165) is 12.2 Å². The van der Waals surface area contributed by atoms with Crippen LogP contribution >= 0.6 is 11.8 Å². The van der Waals surface area contributed by atoms with E-state index in [4.69, 9.17) is 0 Å². The third-order valence-corrected chi connectivity index (χ3v) is 2.47. The minimum atomic E-state index is -0.0391. The molecule has 0 fully saturated rings. The summed E-state index contributed by atoms with van der Waals surface area (Å²) < 4.78 is 0. The van der Waals surface area contributed by atoms with Gasteiger partial charge < -0.3 is 5.32 Å². The van der Waals surface area contributed by atoms with E-state index < -0.39 is 0 Å². The Morgan fingerprint density at radius 2 is 2.53 bits per heavy atom. The molecule has 0 aromatic carbocycles. The number of hydrogen-bond acceptors (Lipinski definition) is 4. The van der Waals surface area contributed by atoms with E-state index in [0.29, 0.717) is 17.5 Å². The number of amides is 1. The van der Waals surface area contributed by atoms with Gasteiger partial charge in [-0.1, -0.05) is 24.8 Å². The minimum Gasteiger partial charge on any atom is -0.352 e. The third-order valence-electron chi connectivity index (χ3n) is 1.62. The van der Waals surface area contributed by atoms with Crippen molar-refractivity contribution in [2.45, 2.75) is 18.5 Å². The third kappa shape index (κ3) is 4.16. The predicted octanol–water partition coefficient (Wildman–Crippen LogP) is 0.761. The summed E-state index contributed by atoms with van der Waals surface area (Å²) in [7, 11) is 0.